The number of hydrogen-bond acceptors (Lipinski definition) is 2. The molecule has 150 valence electrons. The van der Waals surface area contributed by atoms with Crippen LogP contribution in [0.15, 0.2) is 48.6 Å². The Morgan fingerprint density at radius 2 is 1.00 bits per heavy atom. The third-order valence-electron chi connectivity index (χ3n) is 8.40. The van der Waals surface area contributed by atoms with Gasteiger partial charge in [0.25, 0.3) is 0 Å². The van der Waals surface area contributed by atoms with E-state index < -0.39 is 11.2 Å². The summed E-state index contributed by atoms with van der Waals surface area (Å²) in [6, 6.07) is 8.33. The second kappa shape index (κ2) is 7.15. The monoisotopic (exact) mass is 378 g/mol. The van der Waals surface area contributed by atoms with Crippen LogP contribution in [0, 0.1) is 23.7 Å². The largest absolute Gasteiger partial charge is 0.384 e. The second-order valence-electron chi connectivity index (χ2n) is 9.69. The summed E-state index contributed by atoms with van der Waals surface area (Å²) in [6.45, 7) is 0. The summed E-state index contributed by atoms with van der Waals surface area (Å²) in [4.78, 5) is 0. The lowest BCUT2D eigenvalue weighted by Gasteiger charge is -2.58. The summed E-state index contributed by atoms with van der Waals surface area (Å²) < 4.78 is 0. The van der Waals surface area contributed by atoms with Gasteiger partial charge in [-0.05, 0) is 48.6 Å². The standard InChI is InChI=1S/C26H34O2/c27-25(19-11-3-1-4-12-19)21-15-7-9-17-23(21)26(28,20-13-5-2-6-14-20)24-18-10-8-16-22(24)25/h7-10,15-21,23,27-28H,1-6,11-14H2. The van der Waals surface area contributed by atoms with Crippen molar-refractivity contribution >= 4 is 0 Å². The van der Waals surface area contributed by atoms with E-state index in [2.05, 4.69) is 48.6 Å². The number of hydrogen-bond donors (Lipinski definition) is 2. The van der Waals surface area contributed by atoms with Crippen molar-refractivity contribution < 1.29 is 10.2 Å². The van der Waals surface area contributed by atoms with Gasteiger partial charge in [0.1, 0.15) is 0 Å². The zero-order valence-corrected chi connectivity index (χ0v) is 16.9. The summed E-state index contributed by atoms with van der Waals surface area (Å²) in [5.41, 5.74) is 0.278. The predicted molar refractivity (Wildman–Crippen MR) is 113 cm³/mol. The van der Waals surface area contributed by atoms with Gasteiger partial charge in [0.15, 0.2) is 0 Å². The number of rotatable bonds is 2. The minimum atomic E-state index is -0.871. The van der Waals surface area contributed by atoms with Crippen LogP contribution in [0.1, 0.15) is 75.3 Å². The van der Waals surface area contributed by atoms with Gasteiger partial charge < -0.3 is 10.2 Å². The van der Waals surface area contributed by atoms with Crippen LogP contribution in [-0.4, -0.2) is 10.2 Å². The van der Waals surface area contributed by atoms with Crippen molar-refractivity contribution in [1.29, 1.82) is 0 Å². The maximum atomic E-state index is 12.4. The molecule has 2 nitrogen and oxygen atoms in total. The van der Waals surface area contributed by atoms with Gasteiger partial charge in [0.05, 0.1) is 11.2 Å². The molecule has 4 aliphatic rings. The Hall–Kier alpha value is -1.38. The molecule has 2 fully saturated rings. The molecule has 4 atom stereocenters. The molecule has 0 saturated heterocycles. The maximum absolute atomic E-state index is 12.4. The fraction of sp³-hybridized carbons (Fsp3) is 0.615. The van der Waals surface area contributed by atoms with Crippen LogP contribution in [0.5, 0.6) is 0 Å². The number of benzene rings is 1. The van der Waals surface area contributed by atoms with Gasteiger partial charge in [-0.3, -0.25) is 0 Å². The van der Waals surface area contributed by atoms with Crippen LogP contribution in [0.2, 0.25) is 0 Å². The van der Waals surface area contributed by atoms with Crippen LogP contribution in [0.3, 0.4) is 0 Å². The highest BCUT2D eigenvalue weighted by Gasteiger charge is 2.60. The van der Waals surface area contributed by atoms with Gasteiger partial charge in [-0.15, -0.1) is 0 Å². The van der Waals surface area contributed by atoms with E-state index in [1.807, 2.05) is 0 Å². The first kappa shape index (κ1) is 18.6. The molecule has 0 bridgehead atoms. The molecule has 1 aromatic rings. The van der Waals surface area contributed by atoms with Crippen molar-refractivity contribution in [3.8, 4) is 0 Å². The first-order valence-electron chi connectivity index (χ1n) is 11.6. The van der Waals surface area contributed by atoms with Crippen molar-refractivity contribution in [3.63, 3.8) is 0 Å². The lowest BCUT2D eigenvalue weighted by atomic mass is 9.50. The van der Waals surface area contributed by atoms with Crippen molar-refractivity contribution in [3.05, 3.63) is 59.7 Å². The van der Waals surface area contributed by atoms with E-state index in [1.54, 1.807) is 0 Å². The van der Waals surface area contributed by atoms with E-state index in [0.29, 0.717) is 0 Å². The van der Waals surface area contributed by atoms with Crippen LogP contribution in [-0.2, 0) is 11.2 Å². The Bertz CT molecular complexity index is 703. The molecule has 28 heavy (non-hydrogen) atoms. The molecule has 0 radical (unpaired) electrons. The fourth-order valence-corrected chi connectivity index (χ4v) is 7.06. The third kappa shape index (κ3) is 2.60. The third-order valence-corrected chi connectivity index (χ3v) is 8.40. The smallest absolute Gasteiger partial charge is 0.0997 e. The van der Waals surface area contributed by atoms with E-state index in [-0.39, 0.29) is 23.7 Å². The molecule has 2 saturated carbocycles. The van der Waals surface area contributed by atoms with Gasteiger partial charge in [-0.2, -0.15) is 0 Å². The fourth-order valence-electron chi connectivity index (χ4n) is 7.06. The Morgan fingerprint density at radius 3 is 1.39 bits per heavy atom. The molecule has 1 aromatic carbocycles. The van der Waals surface area contributed by atoms with Crippen molar-refractivity contribution in [2.24, 2.45) is 23.7 Å². The predicted octanol–water partition coefficient (Wildman–Crippen LogP) is 5.59. The normalized spacial score (nSPS) is 38.8. The lowest BCUT2D eigenvalue weighted by Crippen LogP contribution is -2.58. The van der Waals surface area contributed by atoms with E-state index in [0.717, 1.165) is 36.8 Å². The zero-order chi connectivity index (χ0) is 19.2. The first-order valence-corrected chi connectivity index (χ1v) is 11.6. The molecule has 5 rings (SSSR count). The summed E-state index contributed by atoms with van der Waals surface area (Å²) >= 11 is 0. The average Bonchev–Trinajstić information content (AvgIpc) is 2.79. The molecule has 0 aliphatic heterocycles. The van der Waals surface area contributed by atoms with Crippen LogP contribution >= 0.6 is 0 Å². The van der Waals surface area contributed by atoms with E-state index in [9.17, 15) is 10.2 Å². The van der Waals surface area contributed by atoms with Crippen LogP contribution in [0.4, 0.5) is 0 Å². The second-order valence-corrected chi connectivity index (χ2v) is 9.69. The molecule has 0 aromatic heterocycles. The highest BCUT2D eigenvalue weighted by molar-refractivity contribution is 5.46. The quantitative estimate of drug-likeness (QED) is 0.704. The molecule has 0 heterocycles. The minimum Gasteiger partial charge on any atom is -0.384 e. The Kier molecular flexibility index (Phi) is 4.76. The molecule has 0 spiro atoms. The first-order chi connectivity index (χ1) is 13.7. The van der Waals surface area contributed by atoms with Gasteiger partial charge in [-0.1, -0.05) is 87.1 Å². The summed E-state index contributed by atoms with van der Waals surface area (Å²) in [5, 5.41) is 24.8. The number of allylic oxidation sites excluding steroid dienone is 2. The molecular formula is C26H34O2. The molecular weight excluding hydrogens is 344 g/mol. The van der Waals surface area contributed by atoms with E-state index >= 15 is 0 Å². The average molecular weight is 379 g/mol. The molecule has 4 unspecified atom stereocenters. The van der Waals surface area contributed by atoms with E-state index in [4.69, 9.17) is 0 Å². The van der Waals surface area contributed by atoms with E-state index in [1.165, 1.54) is 38.5 Å². The molecule has 2 heteroatoms. The van der Waals surface area contributed by atoms with Crippen molar-refractivity contribution in [2.75, 3.05) is 0 Å². The summed E-state index contributed by atoms with van der Waals surface area (Å²) in [7, 11) is 0. The highest BCUT2D eigenvalue weighted by atomic mass is 16.3. The lowest BCUT2D eigenvalue weighted by molar-refractivity contribution is -0.167. The van der Waals surface area contributed by atoms with Crippen molar-refractivity contribution in [1.82, 2.24) is 0 Å². The molecule has 0 amide bonds. The maximum Gasteiger partial charge on any atom is 0.0997 e. The Balaban J connectivity index is 1.69. The van der Waals surface area contributed by atoms with Gasteiger partial charge in [0.2, 0.25) is 0 Å². The Morgan fingerprint density at radius 1 is 0.607 bits per heavy atom. The SMILES string of the molecule is OC1(C2CCCCC2)c2ccccc2C(O)(C2CCCCC2)C2C=CC=CC21. The van der Waals surface area contributed by atoms with Gasteiger partial charge in [0, 0.05) is 11.8 Å². The number of aliphatic hydroxyl groups is 2. The van der Waals surface area contributed by atoms with Crippen LogP contribution in [0.25, 0.3) is 0 Å². The molecule has 2 N–H and O–H groups in total. The topological polar surface area (TPSA) is 40.5 Å². The van der Waals surface area contributed by atoms with Crippen LogP contribution < -0.4 is 0 Å². The zero-order valence-electron chi connectivity index (χ0n) is 16.9. The minimum absolute atomic E-state index is 0.0394. The molecule has 4 aliphatic carbocycles. The Labute approximate surface area is 169 Å². The van der Waals surface area contributed by atoms with Gasteiger partial charge in [-0.25, -0.2) is 0 Å². The highest BCUT2D eigenvalue weighted by Crippen LogP contribution is 2.61. The summed E-state index contributed by atoms with van der Waals surface area (Å²) in [6.07, 6.45) is 20.3. The number of fused-ring (bicyclic) bond motifs is 2. The van der Waals surface area contributed by atoms with Gasteiger partial charge >= 0.3 is 0 Å². The van der Waals surface area contributed by atoms with Crippen molar-refractivity contribution in [2.45, 2.75) is 75.4 Å². The summed E-state index contributed by atoms with van der Waals surface area (Å²) in [5.74, 6) is 0.480.